The lowest BCUT2D eigenvalue weighted by Crippen LogP contribution is -2.37. The zero-order valence-corrected chi connectivity index (χ0v) is 18.9. The Labute approximate surface area is 183 Å². The molecular weight excluding hydrogens is 463 g/mol. The zero-order chi connectivity index (χ0) is 19.1. The number of rotatable bonds is 6. The Morgan fingerprint density at radius 1 is 1.07 bits per heavy atom. The van der Waals surface area contributed by atoms with E-state index in [0.717, 1.165) is 35.6 Å². The van der Waals surface area contributed by atoms with Gasteiger partial charge in [-0.2, -0.15) is 0 Å². The number of aliphatic imine (C=N–C) groups is 1. The number of aryl methyl sites for hydroxylation is 1. The van der Waals surface area contributed by atoms with Gasteiger partial charge in [0.15, 0.2) is 5.96 Å². The fourth-order valence-electron chi connectivity index (χ4n) is 3.13. The summed E-state index contributed by atoms with van der Waals surface area (Å²) in [6.45, 7) is 3.56. The van der Waals surface area contributed by atoms with Gasteiger partial charge in [0, 0.05) is 31.7 Å². The van der Waals surface area contributed by atoms with Crippen LogP contribution in [0.1, 0.15) is 16.7 Å². The number of hydrogen-bond acceptors (Lipinski definition) is 3. The van der Waals surface area contributed by atoms with E-state index in [1.165, 1.54) is 16.7 Å². The molecule has 0 spiro atoms. The summed E-state index contributed by atoms with van der Waals surface area (Å²) in [5, 5.41) is 7.92. The number of halogens is 1. The smallest absolute Gasteiger partial charge is 0.191 e. The highest BCUT2D eigenvalue weighted by Gasteiger charge is 2.05. The van der Waals surface area contributed by atoms with Gasteiger partial charge in [-0.05, 0) is 42.7 Å². The van der Waals surface area contributed by atoms with Crippen molar-refractivity contribution in [2.24, 2.45) is 4.99 Å². The van der Waals surface area contributed by atoms with Gasteiger partial charge in [-0.15, -0.1) is 24.0 Å². The largest absolute Gasteiger partial charge is 0.496 e. The first-order valence-corrected chi connectivity index (χ1v) is 9.12. The summed E-state index contributed by atoms with van der Waals surface area (Å²) in [4.78, 5) is 8.73. The summed E-state index contributed by atoms with van der Waals surface area (Å²) in [6.07, 6.45) is 2.71. The number of methoxy groups -OCH3 is 1. The molecule has 0 radical (unpaired) electrons. The van der Waals surface area contributed by atoms with E-state index in [0.29, 0.717) is 6.54 Å². The average Bonchev–Trinajstić information content (AvgIpc) is 2.70. The molecule has 3 aromatic rings. The lowest BCUT2D eigenvalue weighted by atomic mass is 10.1. The number of ether oxygens (including phenoxy) is 1. The highest BCUT2D eigenvalue weighted by atomic mass is 127. The molecule has 1 heterocycles. The molecule has 0 amide bonds. The van der Waals surface area contributed by atoms with Crippen LogP contribution in [0.4, 0.5) is 0 Å². The number of nitrogens with zero attached hydrogens (tertiary/aromatic N) is 2. The van der Waals surface area contributed by atoms with Gasteiger partial charge >= 0.3 is 0 Å². The first kappa shape index (κ1) is 21.9. The van der Waals surface area contributed by atoms with Crippen molar-refractivity contribution >= 4 is 40.8 Å². The third-order valence-electron chi connectivity index (χ3n) is 4.53. The van der Waals surface area contributed by atoms with E-state index in [9.17, 15) is 0 Å². The molecule has 1 aromatic heterocycles. The summed E-state index contributed by atoms with van der Waals surface area (Å²) in [7, 11) is 3.49. The van der Waals surface area contributed by atoms with Gasteiger partial charge in [0.05, 0.1) is 12.6 Å². The van der Waals surface area contributed by atoms with Crippen molar-refractivity contribution < 1.29 is 4.74 Å². The molecule has 0 atom stereocenters. The molecule has 6 heteroatoms. The van der Waals surface area contributed by atoms with Gasteiger partial charge in [-0.1, -0.05) is 35.9 Å². The molecule has 0 aliphatic heterocycles. The number of pyridine rings is 1. The number of benzene rings is 2. The lowest BCUT2D eigenvalue weighted by molar-refractivity contribution is 0.409. The number of guanidine groups is 1. The Hall–Kier alpha value is -2.35. The molecule has 148 valence electrons. The molecule has 0 bridgehead atoms. The van der Waals surface area contributed by atoms with Crippen molar-refractivity contribution in [2.45, 2.75) is 19.9 Å². The van der Waals surface area contributed by atoms with Crippen LogP contribution >= 0.6 is 24.0 Å². The van der Waals surface area contributed by atoms with E-state index in [-0.39, 0.29) is 24.0 Å². The molecule has 2 N–H and O–H groups in total. The van der Waals surface area contributed by atoms with Crippen LogP contribution < -0.4 is 15.4 Å². The predicted molar refractivity (Wildman–Crippen MR) is 127 cm³/mol. The Kier molecular flexibility index (Phi) is 8.50. The molecule has 5 nitrogen and oxygen atoms in total. The standard InChI is InChI=1S/C22H26N4O.HI/c1-16-8-9-21(27-3)17(14-16)10-13-25-22(23-2)26-15-18-11-12-24-20-7-5-4-6-19(18)20;/h4-9,11-12,14H,10,13,15H2,1-3H3,(H2,23,25,26);1H. The molecule has 0 aliphatic carbocycles. The van der Waals surface area contributed by atoms with Crippen molar-refractivity contribution in [1.29, 1.82) is 0 Å². The molecule has 0 fully saturated rings. The first-order valence-electron chi connectivity index (χ1n) is 9.12. The van der Waals surface area contributed by atoms with Gasteiger partial charge in [0.25, 0.3) is 0 Å². The quantitative estimate of drug-likeness (QED) is 0.311. The van der Waals surface area contributed by atoms with Crippen LogP contribution in [0.25, 0.3) is 10.9 Å². The molecule has 0 aliphatic rings. The lowest BCUT2D eigenvalue weighted by Gasteiger charge is -2.14. The van der Waals surface area contributed by atoms with Gasteiger partial charge < -0.3 is 15.4 Å². The molecule has 28 heavy (non-hydrogen) atoms. The van der Waals surface area contributed by atoms with Crippen LogP contribution in [0.3, 0.4) is 0 Å². The van der Waals surface area contributed by atoms with Crippen LogP contribution in [0.2, 0.25) is 0 Å². The van der Waals surface area contributed by atoms with Gasteiger partial charge in [-0.25, -0.2) is 0 Å². The monoisotopic (exact) mass is 490 g/mol. The maximum atomic E-state index is 5.45. The summed E-state index contributed by atoms with van der Waals surface area (Å²) in [5.41, 5.74) is 4.63. The number of nitrogens with one attached hydrogen (secondary N) is 2. The fourth-order valence-corrected chi connectivity index (χ4v) is 3.13. The van der Waals surface area contributed by atoms with E-state index >= 15 is 0 Å². The van der Waals surface area contributed by atoms with E-state index in [4.69, 9.17) is 4.74 Å². The van der Waals surface area contributed by atoms with Gasteiger partial charge in [0.1, 0.15) is 5.75 Å². The minimum atomic E-state index is 0. The number of hydrogen-bond donors (Lipinski definition) is 2. The SMILES string of the molecule is CN=C(NCCc1cc(C)ccc1OC)NCc1ccnc2ccccc12.I. The summed E-state index contributed by atoms with van der Waals surface area (Å²) in [6, 6.07) is 16.5. The molecule has 3 rings (SSSR count). The maximum absolute atomic E-state index is 5.45. The van der Waals surface area contributed by atoms with Crippen molar-refractivity contribution in [3.8, 4) is 5.75 Å². The van der Waals surface area contributed by atoms with Crippen LogP contribution in [0.5, 0.6) is 5.75 Å². The minimum absolute atomic E-state index is 0. The Balaban J connectivity index is 0.00000280. The van der Waals surface area contributed by atoms with Crippen molar-refractivity contribution in [3.05, 3.63) is 71.4 Å². The number of fused-ring (bicyclic) bond motifs is 1. The second-order valence-corrected chi connectivity index (χ2v) is 6.41. The third-order valence-corrected chi connectivity index (χ3v) is 4.53. The van der Waals surface area contributed by atoms with E-state index in [1.54, 1.807) is 14.2 Å². The van der Waals surface area contributed by atoms with Crippen molar-refractivity contribution in [2.75, 3.05) is 20.7 Å². The summed E-state index contributed by atoms with van der Waals surface area (Å²) >= 11 is 0. The second kappa shape index (κ2) is 10.8. The highest BCUT2D eigenvalue weighted by Crippen LogP contribution is 2.19. The minimum Gasteiger partial charge on any atom is -0.496 e. The predicted octanol–water partition coefficient (Wildman–Crippen LogP) is 4.08. The normalized spacial score (nSPS) is 11.0. The molecule has 0 saturated heterocycles. The maximum Gasteiger partial charge on any atom is 0.191 e. The van der Waals surface area contributed by atoms with Gasteiger partial charge in [0.2, 0.25) is 0 Å². The summed E-state index contributed by atoms with van der Waals surface area (Å²) < 4.78 is 5.45. The number of para-hydroxylation sites is 1. The van der Waals surface area contributed by atoms with E-state index in [1.807, 2.05) is 36.5 Å². The highest BCUT2D eigenvalue weighted by molar-refractivity contribution is 14.0. The molecule has 0 unspecified atom stereocenters. The Morgan fingerprint density at radius 3 is 2.68 bits per heavy atom. The van der Waals surface area contributed by atoms with Crippen molar-refractivity contribution in [3.63, 3.8) is 0 Å². The Bertz CT molecular complexity index is 937. The van der Waals surface area contributed by atoms with Crippen molar-refractivity contribution in [1.82, 2.24) is 15.6 Å². The van der Waals surface area contributed by atoms with Gasteiger partial charge in [-0.3, -0.25) is 9.98 Å². The van der Waals surface area contributed by atoms with Crippen LogP contribution in [0, 0.1) is 6.92 Å². The number of aromatic nitrogens is 1. The molecule has 0 saturated carbocycles. The fraction of sp³-hybridized carbons (Fsp3) is 0.273. The second-order valence-electron chi connectivity index (χ2n) is 6.41. The van der Waals surface area contributed by atoms with Crippen LogP contribution in [0.15, 0.2) is 59.7 Å². The van der Waals surface area contributed by atoms with E-state index < -0.39 is 0 Å². The van der Waals surface area contributed by atoms with E-state index in [2.05, 4.69) is 45.7 Å². The topological polar surface area (TPSA) is 58.5 Å². The first-order chi connectivity index (χ1) is 13.2. The third kappa shape index (κ3) is 5.58. The van der Waals surface area contributed by atoms with Crippen LogP contribution in [-0.4, -0.2) is 31.6 Å². The zero-order valence-electron chi connectivity index (χ0n) is 16.5. The molecule has 2 aromatic carbocycles. The molecular formula is C22H27IN4O. The summed E-state index contributed by atoms with van der Waals surface area (Å²) in [5.74, 6) is 1.70. The average molecular weight is 490 g/mol. The van der Waals surface area contributed by atoms with Crippen LogP contribution in [-0.2, 0) is 13.0 Å². The Morgan fingerprint density at radius 2 is 1.89 bits per heavy atom.